The molecule has 0 spiro atoms. The van der Waals surface area contributed by atoms with E-state index in [1.165, 1.54) is 18.2 Å². The molecule has 1 amide bonds. The minimum absolute atomic E-state index is 0.137. The summed E-state index contributed by atoms with van der Waals surface area (Å²) in [5, 5.41) is 12.4. The molecule has 0 aliphatic carbocycles. The summed E-state index contributed by atoms with van der Waals surface area (Å²) in [4.78, 5) is 13.9. The monoisotopic (exact) mass is 404 g/mol. The molecule has 0 saturated carbocycles. The van der Waals surface area contributed by atoms with E-state index in [1.54, 1.807) is 24.3 Å². The Hall–Kier alpha value is -2.67. The lowest BCUT2D eigenvalue weighted by molar-refractivity contribution is -0.121. The van der Waals surface area contributed by atoms with Crippen LogP contribution in [0.1, 0.15) is 31.2 Å². The maximum atomic E-state index is 14.4. The van der Waals surface area contributed by atoms with Crippen LogP contribution < -0.4 is 15.0 Å². The molecule has 0 aromatic heterocycles. The van der Waals surface area contributed by atoms with E-state index in [1.807, 2.05) is 4.90 Å². The number of rotatable bonds is 8. The number of carbonyl (C=O) groups is 1. The highest BCUT2D eigenvalue weighted by atomic mass is 19.1. The summed E-state index contributed by atoms with van der Waals surface area (Å²) in [7, 11) is 0. The third-order valence-electron chi connectivity index (χ3n) is 4.94. The molecule has 29 heavy (non-hydrogen) atoms. The first-order chi connectivity index (χ1) is 14.0. The van der Waals surface area contributed by atoms with Crippen molar-refractivity contribution >= 4 is 11.6 Å². The second-order valence-electron chi connectivity index (χ2n) is 7.19. The fourth-order valence-corrected chi connectivity index (χ4v) is 3.27. The van der Waals surface area contributed by atoms with Crippen molar-refractivity contribution < 1.29 is 23.4 Å². The first-order valence-electron chi connectivity index (χ1n) is 9.88. The molecule has 0 radical (unpaired) electrons. The average molecular weight is 404 g/mol. The molecule has 1 heterocycles. The van der Waals surface area contributed by atoms with Crippen LogP contribution in [0.15, 0.2) is 42.5 Å². The number of hydrogen-bond donors (Lipinski definition) is 2. The second kappa shape index (κ2) is 10.2. The molecular formula is C22H26F2N2O3. The molecule has 1 fully saturated rings. The lowest BCUT2D eigenvalue weighted by atomic mass is 10.1. The van der Waals surface area contributed by atoms with E-state index in [2.05, 4.69) is 5.32 Å². The molecule has 5 nitrogen and oxygen atoms in total. The van der Waals surface area contributed by atoms with Crippen molar-refractivity contribution in [3.05, 3.63) is 59.7 Å². The van der Waals surface area contributed by atoms with Gasteiger partial charge in [-0.1, -0.05) is 6.07 Å². The van der Waals surface area contributed by atoms with Crippen LogP contribution in [0.5, 0.6) is 5.75 Å². The summed E-state index contributed by atoms with van der Waals surface area (Å²) >= 11 is 0. The Morgan fingerprint density at radius 3 is 2.55 bits per heavy atom. The standard InChI is InChI=1S/C22H26F2N2O3/c23-17-4-6-19(7-5-17)29-13-1-2-22(28)25-15-16-3-8-21(20(24)14-16)26-11-9-18(27)10-12-26/h3-8,14,18,27H,1-2,9-13,15H2,(H,25,28). The van der Waals surface area contributed by atoms with Crippen LogP contribution in [0.25, 0.3) is 0 Å². The van der Waals surface area contributed by atoms with Crippen molar-refractivity contribution in [3.63, 3.8) is 0 Å². The predicted molar refractivity (Wildman–Crippen MR) is 107 cm³/mol. The molecule has 3 rings (SSSR count). The third-order valence-corrected chi connectivity index (χ3v) is 4.94. The van der Waals surface area contributed by atoms with Crippen molar-refractivity contribution in [3.8, 4) is 5.75 Å². The van der Waals surface area contributed by atoms with E-state index in [9.17, 15) is 18.7 Å². The van der Waals surface area contributed by atoms with Crippen LogP contribution in [0.2, 0.25) is 0 Å². The van der Waals surface area contributed by atoms with Crippen LogP contribution in [-0.2, 0) is 11.3 Å². The zero-order valence-corrected chi connectivity index (χ0v) is 16.2. The Morgan fingerprint density at radius 1 is 1.14 bits per heavy atom. The lowest BCUT2D eigenvalue weighted by Crippen LogP contribution is -2.36. The van der Waals surface area contributed by atoms with Crippen molar-refractivity contribution in [1.29, 1.82) is 0 Å². The van der Waals surface area contributed by atoms with Gasteiger partial charge in [-0.2, -0.15) is 0 Å². The van der Waals surface area contributed by atoms with Gasteiger partial charge in [0, 0.05) is 26.1 Å². The summed E-state index contributed by atoms with van der Waals surface area (Å²) < 4.78 is 32.7. The molecule has 0 bridgehead atoms. The fraction of sp³-hybridized carbons (Fsp3) is 0.409. The normalized spacial score (nSPS) is 14.7. The number of nitrogens with one attached hydrogen (secondary N) is 1. The number of halogens is 2. The second-order valence-corrected chi connectivity index (χ2v) is 7.19. The predicted octanol–water partition coefficient (Wildman–Crippen LogP) is 3.40. The van der Waals surface area contributed by atoms with E-state index in [0.717, 1.165) is 0 Å². The maximum absolute atomic E-state index is 14.4. The van der Waals surface area contributed by atoms with Crippen molar-refractivity contribution in [1.82, 2.24) is 5.32 Å². The largest absolute Gasteiger partial charge is 0.494 e. The summed E-state index contributed by atoms with van der Waals surface area (Å²) in [6.45, 7) is 1.88. The zero-order valence-electron chi connectivity index (χ0n) is 16.2. The number of piperidine rings is 1. The first kappa shape index (κ1) is 21.0. The minimum atomic E-state index is -0.323. The van der Waals surface area contributed by atoms with Gasteiger partial charge in [0.25, 0.3) is 0 Å². The van der Waals surface area contributed by atoms with Gasteiger partial charge in [0.15, 0.2) is 0 Å². The van der Waals surface area contributed by atoms with Crippen molar-refractivity contribution in [2.75, 3.05) is 24.6 Å². The van der Waals surface area contributed by atoms with Gasteiger partial charge in [-0.3, -0.25) is 4.79 Å². The molecule has 0 atom stereocenters. The highest BCUT2D eigenvalue weighted by Gasteiger charge is 2.19. The van der Waals surface area contributed by atoms with E-state index < -0.39 is 0 Å². The van der Waals surface area contributed by atoms with E-state index >= 15 is 0 Å². The summed E-state index contributed by atoms with van der Waals surface area (Å²) in [5.41, 5.74) is 1.23. The molecule has 0 unspecified atom stereocenters. The topological polar surface area (TPSA) is 61.8 Å². The zero-order chi connectivity index (χ0) is 20.6. The molecule has 1 aliphatic rings. The molecule has 7 heteroatoms. The quantitative estimate of drug-likeness (QED) is 0.662. The van der Waals surface area contributed by atoms with Gasteiger partial charge in [0.05, 0.1) is 18.4 Å². The molecule has 2 N–H and O–H groups in total. The van der Waals surface area contributed by atoms with Crippen LogP contribution in [-0.4, -0.2) is 36.8 Å². The van der Waals surface area contributed by atoms with Gasteiger partial charge < -0.3 is 20.1 Å². The Labute approximate surface area is 169 Å². The Morgan fingerprint density at radius 2 is 1.86 bits per heavy atom. The Balaban J connectivity index is 1.38. The number of nitrogens with zero attached hydrogens (tertiary/aromatic N) is 1. The SMILES string of the molecule is O=C(CCCOc1ccc(F)cc1)NCc1ccc(N2CCC(O)CC2)c(F)c1. The number of amides is 1. The van der Waals surface area contributed by atoms with E-state index in [4.69, 9.17) is 4.74 Å². The van der Waals surface area contributed by atoms with Crippen LogP contribution in [0, 0.1) is 11.6 Å². The highest BCUT2D eigenvalue weighted by molar-refractivity contribution is 5.75. The van der Waals surface area contributed by atoms with E-state index in [0.29, 0.717) is 56.0 Å². The van der Waals surface area contributed by atoms with Crippen molar-refractivity contribution in [2.24, 2.45) is 0 Å². The van der Waals surface area contributed by atoms with Gasteiger partial charge in [0.2, 0.25) is 5.91 Å². The molecule has 156 valence electrons. The van der Waals surface area contributed by atoms with Gasteiger partial charge >= 0.3 is 0 Å². The molecule has 1 aliphatic heterocycles. The van der Waals surface area contributed by atoms with Crippen LogP contribution in [0.3, 0.4) is 0 Å². The molecular weight excluding hydrogens is 378 g/mol. The van der Waals surface area contributed by atoms with Gasteiger partial charge in [-0.25, -0.2) is 8.78 Å². The molecule has 2 aromatic rings. The van der Waals surface area contributed by atoms with Crippen LogP contribution in [0.4, 0.5) is 14.5 Å². The number of carbonyl (C=O) groups excluding carboxylic acids is 1. The first-order valence-corrected chi connectivity index (χ1v) is 9.88. The third kappa shape index (κ3) is 6.42. The van der Waals surface area contributed by atoms with Gasteiger partial charge in [-0.15, -0.1) is 0 Å². The number of aliphatic hydroxyl groups excluding tert-OH is 1. The lowest BCUT2D eigenvalue weighted by Gasteiger charge is -2.31. The number of benzene rings is 2. The minimum Gasteiger partial charge on any atom is -0.494 e. The van der Waals surface area contributed by atoms with Crippen LogP contribution >= 0.6 is 0 Å². The Kier molecular flexibility index (Phi) is 7.41. The summed E-state index contributed by atoms with van der Waals surface area (Å²) in [5.74, 6) is -0.218. The highest BCUT2D eigenvalue weighted by Crippen LogP contribution is 2.24. The summed E-state index contributed by atoms with van der Waals surface area (Å²) in [6.07, 6.45) is 1.80. The maximum Gasteiger partial charge on any atom is 0.220 e. The number of hydrogen-bond acceptors (Lipinski definition) is 4. The fourth-order valence-electron chi connectivity index (χ4n) is 3.27. The summed E-state index contributed by atoms with van der Waals surface area (Å²) in [6, 6.07) is 10.7. The van der Waals surface area contributed by atoms with Gasteiger partial charge in [-0.05, 0) is 61.2 Å². The number of aliphatic hydroxyl groups is 1. The van der Waals surface area contributed by atoms with E-state index in [-0.39, 0.29) is 36.6 Å². The van der Waals surface area contributed by atoms with Gasteiger partial charge in [0.1, 0.15) is 17.4 Å². The van der Waals surface area contributed by atoms with Crippen molar-refractivity contribution in [2.45, 2.75) is 38.3 Å². The number of anilines is 1. The average Bonchev–Trinajstić information content (AvgIpc) is 2.72. The smallest absolute Gasteiger partial charge is 0.220 e. The molecule has 1 saturated heterocycles. The molecule has 2 aromatic carbocycles. The number of ether oxygens (including phenoxy) is 1. The Bertz CT molecular complexity index is 806.